The van der Waals surface area contributed by atoms with Crippen molar-refractivity contribution in [1.82, 2.24) is 4.90 Å². The van der Waals surface area contributed by atoms with Gasteiger partial charge >= 0.3 is 6.09 Å². The Balaban J connectivity index is 0.000000278. The maximum absolute atomic E-state index is 13.2. The van der Waals surface area contributed by atoms with Gasteiger partial charge in [-0.2, -0.15) is 0 Å². The van der Waals surface area contributed by atoms with Crippen molar-refractivity contribution >= 4 is 58.4 Å². The fourth-order valence-corrected chi connectivity index (χ4v) is 5.11. The van der Waals surface area contributed by atoms with Crippen LogP contribution < -0.4 is 0 Å². The Morgan fingerprint density at radius 3 is 2.05 bits per heavy atom. The lowest BCUT2D eigenvalue weighted by Crippen LogP contribution is -2.42. The highest BCUT2D eigenvalue weighted by Crippen LogP contribution is 2.32. The SMILES string of the molecule is C=CC[C@H](C(=O)N1C(=O)OC[C@@H]1Cc1ccccc1)c1ccc(Cl)c(Cl)c1.C=CC[C@H](CO)c1ccc(Cl)c(Cl)c1. The average Bonchev–Trinajstić information content (AvgIpc) is 3.33. The smallest absolute Gasteiger partial charge is 0.417 e. The summed E-state index contributed by atoms with van der Waals surface area (Å²) in [5, 5.41) is 11.0. The number of rotatable bonds is 10. The van der Waals surface area contributed by atoms with Gasteiger partial charge in [-0.05, 0) is 60.2 Å². The van der Waals surface area contributed by atoms with Gasteiger partial charge in [-0.3, -0.25) is 4.79 Å². The average molecular weight is 635 g/mol. The van der Waals surface area contributed by atoms with Crippen LogP contribution >= 0.6 is 46.4 Å². The Hall–Kier alpha value is -2.80. The van der Waals surface area contributed by atoms with Crippen LogP contribution in [0.3, 0.4) is 0 Å². The molecule has 3 aromatic carbocycles. The molecular formula is C32H31Cl4NO4. The Morgan fingerprint density at radius 2 is 1.49 bits per heavy atom. The number of carbonyl (C=O) groups is 2. The molecule has 5 nitrogen and oxygen atoms in total. The number of cyclic esters (lactones) is 1. The van der Waals surface area contributed by atoms with Crippen LogP contribution in [0.2, 0.25) is 20.1 Å². The number of imide groups is 1. The Kier molecular flexibility index (Phi) is 12.8. The predicted molar refractivity (Wildman–Crippen MR) is 167 cm³/mol. The van der Waals surface area contributed by atoms with E-state index in [0.29, 0.717) is 38.5 Å². The Labute approximate surface area is 260 Å². The van der Waals surface area contributed by atoms with Gasteiger partial charge in [0.2, 0.25) is 5.91 Å². The van der Waals surface area contributed by atoms with Gasteiger partial charge in [-0.25, -0.2) is 9.69 Å². The second-order valence-corrected chi connectivity index (χ2v) is 11.1. The molecule has 0 aliphatic carbocycles. The van der Waals surface area contributed by atoms with Crippen molar-refractivity contribution in [3.63, 3.8) is 0 Å². The quantitative estimate of drug-likeness (QED) is 0.226. The van der Waals surface area contributed by atoms with E-state index < -0.39 is 12.0 Å². The molecule has 2 amide bonds. The summed E-state index contributed by atoms with van der Waals surface area (Å²) in [7, 11) is 0. The number of aliphatic hydroxyl groups excluding tert-OH is 1. The molecule has 0 spiro atoms. The highest BCUT2D eigenvalue weighted by atomic mass is 35.5. The third-order valence-electron chi connectivity index (χ3n) is 6.65. The van der Waals surface area contributed by atoms with Crippen molar-refractivity contribution in [2.24, 2.45) is 0 Å². The molecule has 1 saturated heterocycles. The zero-order chi connectivity index (χ0) is 29.9. The zero-order valence-corrected chi connectivity index (χ0v) is 25.3. The minimum atomic E-state index is -0.616. The number of ether oxygens (including phenoxy) is 1. The van der Waals surface area contributed by atoms with Gasteiger partial charge in [0.1, 0.15) is 6.61 Å². The molecule has 1 heterocycles. The van der Waals surface area contributed by atoms with Crippen molar-refractivity contribution < 1.29 is 19.4 Å². The van der Waals surface area contributed by atoms with Gasteiger partial charge in [-0.15, -0.1) is 13.2 Å². The first-order chi connectivity index (χ1) is 19.7. The predicted octanol–water partition coefficient (Wildman–Crippen LogP) is 8.89. The van der Waals surface area contributed by atoms with Crippen LogP contribution in [0.25, 0.3) is 0 Å². The molecule has 1 aliphatic heterocycles. The molecule has 216 valence electrons. The number of amides is 2. The molecule has 3 atom stereocenters. The molecule has 9 heteroatoms. The van der Waals surface area contributed by atoms with Gasteiger partial charge in [0.15, 0.2) is 0 Å². The molecule has 1 aliphatic rings. The first-order valence-electron chi connectivity index (χ1n) is 13.0. The van der Waals surface area contributed by atoms with Crippen molar-refractivity contribution in [2.45, 2.75) is 37.1 Å². The summed E-state index contributed by atoms with van der Waals surface area (Å²) in [5.41, 5.74) is 2.71. The van der Waals surface area contributed by atoms with E-state index >= 15 is 0 Å². The number of benzene rings is 3. The van der Waals surface area contributed by atoms with Gasteiger partial charge in [0, 0.05) is 5.92 Å². The molecule has 1 N–H and O–H groups in total. The van der Waals surface area contributed by atoms with E-state index in [0.717, 1.165) is 17.5 Å². The number of hydrogen-bond acceptors (Lipinski definition) is 4. The summed E-state index contributed by atoms with van der Waals surface area (Å²) < 4.78 is 5.17. The van der Waals surface area contributed by atoms with E-state index in [4.69, 9.17) is 56.2 Å². The third-order valence-corrected chi connectivity index (χ3v) is 8.12. The van der Waals surface area contributed by atoms with Gasteiger partial charge in [0.05, 0.1) is 38.7 Å². The number of allylic oxidation sites excluding steroid dienone is 2. The largest absolute Gasteiger partial charge is 0.447 e. The van der Waals surface area contributed by atoms with E-state index in [1.807, 2.05) is 36.4 Å². The van der Waals surface area contributed by atoms with Crippen molar-refractivity contribution in [1.29, 1.82) is 0 Å². The number of aliphatic hydroxyl groups is 1. The number of carbonyl (C=O) groups excluding carboxylic acids is 2. The Bertz CT molecular complexity index is 1370. The lowest BCUT2D eigenvalue weighted by Gasteiger charge is -2.25. The fourth-order valence-electron chi connectivity index (χ4n) is 4.49. The summed E-state index contributed by atoms with van der Waals surface area (Å²) in [6.07, 6.45) is 4.46. The van der Waals surface area contributed by atoms with Crippen molar-refractivity contribution in [3.8, 4) is 0 Å². The van der Waals surface area contributed by atoms with Crippen LogP contribution in [0.15, 0.2) is 92.0 Å². The highest BCUT2D eigenvalue weighted by Gasteiger charge is 2.41. The van der Waals surface area contributed by atoms with Crippen molar-refractivity contribution in [3.05, 3.63) is 129 Å². The van der Waals surface area contributed by atoms with E-state index in [2.05, 4.69) is 13.2 Å². The fraction of sp³-hybridized carbons (Fsp3) is 0.250. The molecule has 0 saturated carbocycles. The lowest BCUT2D eigenvalue weighted by atomic mass is 9.93. The first-order valence-corrected chi connectivity index (χ1v) is 14.5. The standard InChI is InChI=1S/C21H19Cl2NO3.C11H12Cl2O/c1-2-6-17(15-9-10-18(22)19(23)12-15)20(25)24-16(13-27-21(24)26)11-14-7-4-3-5-8-14;1-2-3-9(7-14)8-4-5-10(12)11(13)6-8/h2-5,7-10,12,16-17H,1,6,11,13H2;2,4-6,9,14H,1,3,7H2/t16-,17-;9-/m01/s1. The van der Waals surface area contributed by atoms with Crippen LogP contribution in [0.4, 0.5) is 4.79 Å². The van der Waals surface area contributed by atoms with Crippen LogP contribution in [-0.4, -0.2) is 41.3 Å². The molecule has 1 fully saturated rings. The van der Waals surface area contributed by atoms with Crippen LogP contribution in [-0.2, 0) is 16.0 Å². The molecule has 4 rings (SSSR count). The zero-order valence-electron chi connectivity index (χ0n) is 22.3. The van der Waals surface area contributed by atoms with Crippen LogP contribution in [0, 0.1) is 0 Å². The summed E-state index contributed by atoms with van der Waals surface area (Å²) in [6.45, 7) is 7.65. The van der Waals surface area contributed by atoms with Gasteiger partial charge in [-0.1, -0.05) is 101 Å². The topological polar surface area (TPSA) is 66.8 Å². The summed E-state index contributed by atoms with van der Waals surface area (Å²) in [5.74, 6) is -0.847. The number of halogens is 4. The summed E-state index contributed by atoms with van der Waals surface area (Å²) in [6, 6.07) is 19.8. The summed E-state index contributed by atoms with van der Waals surface area (Å²) >= 11 is 23.8. The minimum Gasteiger partial charge on any atom is -0.447 e. The second kappa shape index (κ2) is 16.0. The minimum absolute atomic E-state index is 0.0577. The van der Waals surface area contributed by atoms with Crippen molar-refractivity contribution in [2.75, 3.05) is 13.2 Å². The maximum atomic E-state index is 13.2. The normalized spacial score (nSPS) is 15.8. The van der Waals surface area contributed by atoms with E-state index in [1.165, 1.54) is 4.90 Å². The molecule has 0 aromatic heterocycles. The molecule has 0 unspecified atom stereocenters. The number of nitrogens with zero attached hydrogens (tertiary/aromatic N) is 1. The highest BCUT2D eigenvalue weighted by molar-refractivity contribution is 6.42. The summed E-state index contributed by atoms with van der Waals surface area (Å²) in [4.78, 5) is 26.8. The Morgan fingerprint density at radius 1 is 0.902 bits per heavy atom. The van der Waals surface area contributed by atoms with E-state index in [9.17, 15) is 9.59 Å². The molecular weight excluding hydrogens is 604 g/mol. The second-order valence-electron chi connectivity index (χ2n) is 9.46. The van der Waals surface area contributed by atoms with Crippen LogP contribution in [0.5, 0.6) is 0 Å². The maximum Gasteiger partial charge on any atom is 0.417 e. The van der Waals surface area contributed by atoms with Gasteiger partial charge < -0.3 is 9.84 Å². The molecule has 41 heavy (non-hydrogen) atoms. The lowest BCUT2D eigenvalue weighted by molar-refractivity contribution is -0.130. The van der Waals surface area contributed by atoms with E-state index in [1.54, 1.807) is 42.5 Å². The monoisotopic (exact) mass is 633 g/mol. The molecule has 3 aromatic rings. The first kappa shape index (κ1) is 32.7. The molecule has 0 radical (unpaired) electrons. The number of hydrogen-bond donors (Lipinski definition) is 1. The third kappa shape index (κ3) is 8.84. The van der Waals surface area contributed by atoms with Gasteiger partial charge in [0.25, 0.3) is 0 Å². The van der Waals surface area contributed by atoms with E-state index in [-0.39, 0.29) is 31.1 Å². The molecule has 0 bridgehead atoms. The van der Waals surface area contributed by atoms with Crippen LogP contribution in [0.1, 0.15) is 41.4 Å².